The van der Waals surface area contributed by atoms with Crippen molar-refractivity contribution in [2.24, 2.45) is 11.8 Å². The molecule has 2 saturated carbocycles. The number of nitrogens with one attached hydrogen (secondary N) is 1. The van der Waals surface area contributed by atoms with E-state index in [0.29, 0.717) is 5.92 Å². The zero-order chi connectivity index (χ0) is 12.3. The lowest BCUT2D eigenvalue weighted by molar-refractivity contribution is 0.422. The highest BCUT2D eigenvalue weighted by atomic mass is 35.5. The highest BCUT2D eigenvalue weighted by molar-refractivity contribution is 6.38. The van der Waals surface area contributed by atoms with Crippen molar-refractivity contribution in [3.63, 3.8) is 0 Å². The Morgan fingerprint density at radius 3 is 2.72 bits per heavy atom. The van der Waals surface area contributed by atoms with E-state index in [2.05, 4.69) is 17.2 Å². The van der Waals surface area contributed by atoms with Gasteiger partial charge in [-0.05, 0) is 54.7 Å². The van der Waals surface area contributed by atoms with E-state index in [1.54, 1.807) is 0 Å². The van der Waals surface area contributed by atoms with Gasteiger partial charge in [-0.3, -0.25) is 0 Å². The number of rotatable bonds is 1. The molecular formula is C15H15Cl2N. The van der Waals surface area contributed by atoms with E-state index >= 15 is 0 Å². The fourth-order valence-corrected chi connectivity index (χ4v) is 4.66. The van der Waals surface area contributed by atoms with Gasteiger partial charge in [-0.15, -0.1) is 0 Å². The minimum Gasteiger partial charge on any atom is -0.360 e. The van der Waals surface area contributed by atoms with Crippen LogP contribution in [0.3, 0.4) is 0 Å². The molecule has 0 saturated heterocycles. The van der Waals surface area contributed by atoms with Gasteiger partial charge in [-0.25, -0.2) is 0 Å². The van der Waals surface area contributed by atoms with Gasteiger partial charge in [0.1, 0.15) is 0 Å². The second-order valence-corrected chi connectivity index (χ2v) is 6.68. The minimum atomic E-state index is 0.715. The van der Waals surface area contributed by atoms with Gasteiger partial charge < -0.3 is 4.98 Å². The highest BCUT2D eigenvalue weighted by Crippen LogP contribution is 2.54. The first kappa shape index (κ1) is 11.2. The summed E-state index contributed by atoms with van der Waals surface area (Å²) in [4.78, 5) is 3.33. The van der Waals surface area contributed by atoms with Crippen molar-refractivity contribution >= 4 is 34.1 Å². The van der Waals surface area contributed by atoms with Crippen molar-refractivity contribution < 1.29 is 0 Å². The molecule has 94 valence electrons. The third-order valence-electron chi connectivity index (χ3n) is 4.88. The lowest BCUT2D eigenvalue weighted by Crippen LogP contribution is -2.07. The molecule has 2 aliphatic rings. The minimum absolute atomic E-state index is 0.715. The smallest absolute Gasteiger partial charge is 0.0661 e. The molecule has 18 heavy (non-hydrogen) atoms. The van der Waals surface area contributed by atoms with Gasteiger partial charge in [-0.2, -0.15) is 0 Å². The van der Waals surface area contributed by atoms with Gasteiger partial charge in [0.05, 0.1) is 10.5 Å². The maximum absolute atomic E-state index is 6.25. The summed E-state index contributed by atoms with van der Waals surface area (Å²) in [5.41, 5.74) is 2.47. The van der Waals surface area contributed by atoms with E-state index in [-0.39, 0.29) is 0 Å². The van der Waals surface area contributed by atoms with E-state index in [1.807, 2.05) is 6.07 Å². The number of hydrogen-bond donors (Lipinski definition) is 1. The van der Waals surface area contributed by atoms with Gasteiger partial charge in [0.25, 0.3) is 0 Å². The Hall–Kier alpha value is -0.660. The van der Waals surface area contributed by atoms with Gasteiger partial charge >= 0.3 is 0 Å². The lowest BCUT2D eigenvalue weighted by atomic mass is 9.83. The second kappa shape index (κ2) is 3.91. The van der Waals surface area contributed by atoms with Crippen molar-refractivity contribution in [1.29, 1.82) is 0 Å². The van der Waals surface area contributed by atoms with E-state index in [9.17, 15) is 0 Å². The zero-order valence-electron chi connectivity index (χ0n) is 10.0. The number of benzene rings is 1. The highest BCUT2D eigenvalue weighted by Gasteiger charge is 2.40. The average Bonchev–Trinajstić information content (AvgIpc) is 3.00. The lowest BCUT2D eigenvalue weighted by Gasteiger charge is -2.21. The Kier molecular flexibility index (Phi) is 2.43. The van der Waals surface area contributed by atoms with Crippen LogP contribution in [0.4, 0.5) is 0 Å². The number of aromatic amines is 1. The summed E-state index contributed by atoms with van der Waals surface area (Å²) in [6.07, 6.45) is 7.76. The number of aromatic nitrogens is 1. The van der Waals surface area contributed by atoms with Crippen molar-refractivity contribution in [3.05, 3.63) is 33.9 Å². The summed E-state index contributed by atoms with van der Waals surface area (Å²) in [6, 6.07) is 3.87. The van der Waals surface area contributed by atoms with E-state index in [0.717, 1.165) is 27.4 Å². The largest absolute Gasteiger partial charge is 0.360 e. The summed E-state index contributed by atoms with van der Waals surface area (Å²) >= 11 is 12.4. The van der Waals surface area contributed by atoms with Crippen molar-refractivity contribution in [2.45, 2.75) is 31.6 Å². The molecule has 4 rings (SSSR count). The van der Waals surface area contributed by atoms with Crippen LogP contribution in [0.15, 0.2) is 18.3 Å². The molecule has 1 N–H and O–H groups in total. The number of H-pyrrole nitrogens is 1. The molecule has 3 heteroatoms. The third kappa shape index (κ3) is 1.53. The molecule has 2 aliphatic carbocycles. The first-order valence-corrected chi connectivity index (χ1v) is 7.44. The predicted molar refractivity (Wildman–Crippen MR) is 76.5 cm³/mol. The molecule has 0 amide bonds. The predicted octanol–water partition coefficient (Wildman–Crippen LogP) is 5.38. The molecule has 1 heterocycles. The molecule has 2 fully saturated rings. The first-order valence-electron chi connectivity index (χ1n) is 6.68. The fraction of sp³-hybridized carbons (Fsp3) is 0.467. The van der Waals surface area contributed by atoms with Gasteiger partial charge in [-0.1, -0.05) is 29.6 Å². The summed E-state index contributed by atoms with van der Waals surface area (Å²) in [5, 5.41) is 2.69. The van der Waals surface area contributed by atoms with E-state index < -0.39 is 0 Å². The molecule has 3 unspecified atom stereocenters. The van der Waals surface area contributed by atoms with Crippen LogP contribution < -0.4 is 0 Å². The quantitative estimate of drug-likeness (QED) is 0.722. The molecule has 3 atom stereocenters. The molecule has 2 bridgehead atoms. The topological polar surface area (TPSA) is 15.8 Å². The maximum Gasteiger partial charge on any atom is 0.0661 e. The normalized spacial score (nSPS) is 30.4. The molecule has 0 radical (unpaired) electrons. The Morgan fingerprint density at radius 1 is 1.11 bits per heavy atom. The van der Waals surface area contributed by atoms with Gasteiger partial charge in [0.15, 0.2) is 0 Å². The molecule has 0 aliphatic heterocycles. The molecule has 1 aromatic heterocycles. The molecule has 1 aromatic carbocycles. The maximum atomic E-state index is 6.25. The van der Waals surface area contributed by atoms with Crippen LogP contribution in [0, 0.1) is 11.8 Å². The standard InChI is InChI=1S/C15H15Cl2N/c16-10-5-12-13(7-18-15(12)14(17)6-10)11-4-8-1-2-9(11)3-8/h5-9,11,18H,1-4H2. The fourth-order valence-electron chi connectivity index (χ4n) is 4.11. The molecule has 0 spiro atoms. The Bertz CT molecular complexity index is 616. The van der Waals surface area contributed by atoms with Crippen LogP contribution in [0.25, 0.3) is 10.9 Å². The van der Waals surface area contributed by atoms with Crippen molar-refractivity contribution in [1.82, 2.24) is 4.98 Å². The van der Waals surface area contributed by atoms with Gasteiger partial charge in [0, 0.05) is 16.6 Å². The van der Waals surface area contributed by atoms with Crippen LogP contribution in [0.5, 0.6) is 0 Å². The number of fused-ring (bicyclic) bond motifs is 3. The Morgan fingerprint density at radius 2 is 2.00 bits per heavy atom. The monoisotopic (exact) mass is 279 g/mol. The average molecular weight is 280 g/mol. The van der Waals surface area contributed by atoms with Crippen LogP contribution in [-0.2, 0) is 0 Å². The second-order valence-electron chi connectivity index (χ2n) is 5.84. The van der Waals surface area contributed by atoms with Crippen LogP contribution in [0.1, 0.15) is 37.2 Å². The van der Waals surface area contributed by atoms with Crippen LogP contribution in [-0.4, -0.2) is 4.98 Å². The molecular weight excluding hydrogens is 265 g/mol. The van der Waals surface area contributed by atoms with Crippen LogP contribution in [0.2, 0.25) is 10.0 Å². The van der Waals surface area contributed by atoms with E-state index in [1.165, 1.54) is 36.6 Å². The van der Waals surface area contributed by atoms with Crippen molar-refractivity contribution in [2.75, 3.05) is 0 Å². The van der Waals surface area contributed by atoms with Crippen LogP contribution >= 0.6 is 23.2 Å². The number of halogens is 2. The summed E-state index contributed by atoms with van der Waals surface area (Å²) in [5.74, 6) is 2.55. The third-order valence-corrected chi connectivity index (χ3v) is 5.39. The molecule has 2 aromatic rings. The Balaban J connectivity index is 1.86. The van der Waals surface area contributed by atoms with E-state index in [4.69, 9.17) is 23.2 Å². The summed E-state index contributed by atoms with van der Waals surface area (Å²) < 4.78 is 0. The Labute approximate surface area is 116 Å². The van der Waals surface area contributed by atoms with Gasteiger partial charge in [0.2, 0.25) is 0 Å². The zero-order valence-corrected chi connectivity index (χ0v) is 11.6. The summed E-state index contributed by atoms with van der Waals surface area (Å²) in [7, 11) is 0. The number of hydrogen-bond acceptors (Lipinski definition) is 0. The van der Waals surface area contributed by atoms with Crippen molar-refractivity contribution in [3.8, 4) is 0 Å². The summed E-state index contributed by atoms with van der Waals surface area (Å²) in [6.45, 7) is 0. The SMILES string of the molecule is Clc1cc(Cl)c2[nH]cc(C3CC4CCC3C4)c2c1. The molecule has 1 nitrogen and oxygen atoms in total. The first-order chi connectivity index (χ1) is 8.72.